The van der Waals surface area contributed by atoms with Crippen molar-refractivity contribution in [2.45, 2.75) is 25.1 Å². The number of benzene rings is 3. The van der Waals surface area contributed by atoms with Crippen molar-refractivity contribution in [1.82, 2.24) is 4.98 Å². The van der Waals surface area contributed by atoms with E-state index in [0.717, 1.165) is 12.1 Å². The standard InChI is InChI=1S/C30H29F3N4O5/c1-18(38)24(34)4-3-15-41-28-17-25-23(16-27(28)40-2)26(13-14-35-25)42-22-11-9-21(10-12-22)37-29(39)36-20-7-5-19(6-8-20)30(31,32)33/h5-14,16-17,24,38H,1,3-4,15,34H2,2H3,(H2,36,37,39)/t24-/m1/s1. The van der Waals surface area contributed by atoms with Crippen molar-refractivity contribution in [3.05, 3.63) is 90.8 Å². The third kappa shape index (κ3) is 7.82. The Morgan fingerprint density at radius 1 is 1.00 bits per heavy atom. The van der Waals surface area contributed by atoms with Gasteiger partial charge >= 0.3 is 12.2 Å². The predicted molar refractivity (Wildman–Crippen MR) is 153 cm³/mol. The van der Waals surface area contributed by atoms with Crippen molar-refractivity contribution in [3.8, 4) is 23.0 Å². The zero-order valence-corrected chi connectivity index (χ0v) is 22.6. The third-order valence-electron chi connectivity index (χ3n) is 6.14. The van der Waals surface area contributed by atoms with Crippen LogP contribution < -0.4 is 30.6 Å². The van der Waals surface area contributed by atoms with Gasteiger partial charge in [-0.05, 0) is 73.5 Å². The highest BCUT2D eigenvalue weighted by atomic mass is 19.4. The van der Waals surface area contributed by atoms with Gasteiger partial charge in [-0.3, -0.25) is 4.98 Å². The molecule has 0 spiro atoms. The van der Waals surface area contributed by atoms with Gasteiger partial charge in [-0.1, -0.05) is 6.58 Å². The first kappa shape index (κ1) is 30.0. The lowest BCUT2D eigenvalue weighted by molar-refractivity contribution is -0.137. The van der Waals surface area contributed by atoms with E-state index in [9.17, 15) is 23.1 Å². The Bertz CT molecular complexity index is 1540. The van der Waals surface area contributed by atoms with Gasteiger partial charge in [-0.25, -0.2) is 4.79 Å². The number of carbonyl (C=O) groups excluding carboxylic acids is 1. The zero-order chi connectivity index (χ0) is 30.3. The van der Waals surface area contributed by atoms with E-state index in [4.69, 9.17) is 19.9 Å². The van der Waals surface area contributed by atoms with Crippen LogP contribution in [0.15, 0.2) is 85.3 Å². The number of urea groups is 1. The first-order chi connectivity index (χ1) is 20.0. The number of anilines is 2. The molecule has 0 saturated heterocycles. The molecule has 4 aromatic rings. The van der Waals surface area contributed by atoms with Gasteiger partial charge in [-0.15, -0.1) is 0 Å². The number of aliphatic hydroxyl groups excluding tert-OH is 1. The molecule has 0 radical (unpaired) electrons. The second-order valence-corrected chi connectivity index (χ2v) is 9.20. The number of hydrogen-bond acceptors (Lipinski definition) is 7. The highest BCUT2D eigenvalue weighted by Crippen LogP contribution is 2.37. The first-order valence-electron chi connectivity index (χ1n) is 12.8. The maximum absolute atomic E-state index is 12.7. The Balaban J connectivity index is 1.39. The van der Waals surface area contributed by atoms with Gasteiger partial charge in [0.25, 0.3) is 0 Å². The lowest BCUT2D eigenvalue weighted by Crippen LogP contribution is -2.22. The van der Waals surface area contributed by atoms with Crippen LogP contribution in [0.2, 0.25) is 0 Å². The number of alkyl halides is 3. The number of nitrogens with zero attached hydrogens (tertiary/aromatic N) is 1. The first-order valence-corrected chi connectivity index (χ1v) is 12.8. The molecule has 3 aromatic carbocycles. The molecule has 0 aliphatic heterocycles. The second-order valence-electron chi connectivity index (χ2n) is 9.20. The van der Waals surface area contributed by atoms with Crippen LogP contribution in [-0.4, -0.2) is 35.9 Å². The van der Waals surface area contributed by atoms with E-state index in [1.807, 2.05) is 0 Å². The minimum atomic E-state index is -4.45. The predicted octanol–water partition coefficient (Wildman–Crippen LogP) is 7.26. The number of fused-ring (bicyclic) bond motifs is 1. The molecule has 0 aliphatic rings. The van der Waals surface area contributed by atoms with Crippen LogP contribution in [0.5, 0.6) is 23.0 Å². The Kier molecular flexibility index (Phi) is 9.38. The van der Waals surface area contributed by atoms with Crippen molar-refractivity contribution >= 4 is 28.3 Å². The van der Waals surface area contributed by atoms with Gasteiger partial charge in [0, 0.05) is 29.0 Å². The van der Waals surface area contributed by atoms with E-state index in [1.165, 1.54) is 19.2 Å². The molecule has 0 unspecified atom stereocenters. The van der Waals surface area contributed by atoms with E-state index in [1.54, 1.807) is 48.7 Å². The van der Waals surface area contributed by atoms with Gasteiger partial charge in [0.05, 0.1) is 30.8 Å². The molecule has 42 heavy (non-hydrogen) atoms. The van der Waals surface area contributed by atoms with Crippen molar-refractivity contribution < 1.29 is 37.3 Å². The van der Waals surface area contributed by atoms with Crippen LogP contribution >= 0.6 is 0 Å². The number of nitrogens with one attached hydrogen (secondary N) is 2. The maximum Gasteiger partial charge on any atom is 0.416 e. The molecule has 0 aliphatic carbocycles. The number of hydrogen-bond donors (Lipinski definition) is 4. The summed E-state index contributed by atoms with van der Waals surface area (Å²) >= 11 is 0. The number of methoxy groups -OCH3 is 1. The fraction of sp³-hybridized carbons (Fsp3) is 0.200. The van der Waals surface area contributed by atoms with Crippen molar-refractivity contribution in [2.75, 3.05) is 24.4 Å². The molecule has 0 bridgehead atoms. The summed E-state index contributed by atoms with van der Waals surface area (Å²) in [5, 5.41) is 15.1. The van der Waals surface area contributed by atoms with E-state index < -0.39 is 23.8 Å². The molecular weight excluding hydrogens is 553 g/mol. The zero-order valence-electron chi connectivity index (χ0n) is 22.6. The van der Waals surface area contributed by atoms with Crippen LogP contribution in [0.1, 0.15) is 18.4 Å². The number of nitrogens with two attached hydrogens (primary N) is 1. The van der Waals surface area contributed by atoms with Gasteiger partial charge < -0.3 is 35.7 Å². The van der Waals surface area contributed by atoms with Gasteiger partial charge in [0.2, 0.25) is 0 Å². The number of amides is 2. The second kappa shape index (κ2) is 13.1. The summed E-state index contributed by atoms with van der Waals surface area (Å²) in [4.78, 5) is 16.7. The third-order valence-corrected chi connectivity index (χ3v) is 6.14. The van der Waals surface area contributed by atoms with E-state index >= 15 is 0 Å². The fourth-order valence-corrected chi connectivity index (χ4v) is 3.91. The summed E-state index contributed by atoms with van der Waals surface area (Å²) in [6.45, 7) is 3.78. The number of halogens is 3. The summed E-state index contributed by atoms with van der Waals surface area (Å²) in [6.07, 6.45) is -1.74. The SMILES string of the molecule is C=C(O)[C@H](N)CCCOc1cc2nccc(Oc3ccc(NC(=O)Nc4ccc(C(F)(F)F)cc4)cc3)c2cc1OC. The molecule has 0 saturated carbocycles. The fourth-order valence-electron chi connectivity index (χ4n) is 3.91. The summed E-state index contributed by atoms with van der Waals surface area (Å²) in [6, 6.07) is 14.8. The average molecular weight is 583 g/mol. The lowest BCUT2D eigenvalue weighted by Gasteiger charge is -2.15. The highest BCUT2D eigenvalue weighted by molar-refractivity contribution is 5.99. The largest absolute Gasteiger partial charge is 0.511 e. The molecule has 1 aromatic heterocycles. The van der Waals surface area contributed by atoms with Crippen LogP contribution in [0.3, 0.4) is 0 Å². The van der Waals surface area contributed by atoms with E-state index in [2.05, 4.69) is 22.2 Å². The van der Waals surface area contributed by atoms with Crippen LogP contribution in [0.4, 0.5) is 29.3 Å². The van der Waals surface area contributed by atoms with E-state index in [-0.39, 0.29) is 11.4 Å². The Morgan fingerprint density at radius 2 is 1.64 bits per heavy atom. The Labute approximate surface area is 239 Å². The number of aliphatic hydroxyl groups is 1. The number of rotatable bonds is 11. The summed E-state index contributed by atoms with van der Waals surface area (Å²) in [5.41, 5.74) is 6.24. The molecule has 9 nitrogen and oxygen atoms in total. The molecule has 1 heterocycles. The summed E-state index contributed by atoms with van der Waals surface area (Å²) in [7, 11) is 1.52. The van der Waals surface area contributed by atoms with Crippen molar-refractivity contribution in [3.63, 3.8) is 0 Å². The maximum atomic E-state index is 12.7. The van der Waals surface area contributed by atoms with Gasteiger partial charge in [-0.2, -0.15) is 13.2 Å². The highest BCUT2D eigenvalue weighted by Gasteiger charge is 2.30. The topological polar surface area (TPSA) is 128 Å². The van der Waals surface area contributed by atoms with Gasteiger partial charge in [0.1, 0.15) is 17.3 Å². The minimum absolute atomic E-state index is 0.0666. The average Bonchev–Trinajstić information content (AvgIpc) is 2.95. The minimum Gasteiger partial charge on any atom is -0.511 e. The molecule has 220 valence electrons. The summed E-state index contributed by atoms with van der Waals surface area (Å²) in [5.74, 6) is 1.91. The lowest BCUT2D eigenvalue weighted by atomic mass is 10.1. The smallest absolute Gasteiger partial charge is 0.416 e. The number of pyridine rings is 1. The summed E-state index contributed by atoms with van der Waals surface area (Å²) < 4.78 is 55.6. The molecule has 4 rings (SSSR count). The van der Waals surface area contributed by atoms with Crippen molar-refractivity contribution in [1.29, 1.82) is 0 Å². The molecule has 1 atom stereocenters. The molecule has 5 N–H and O–H groups in total. The van der Waals surface area contributed by atoms with Crippen molar-refractivity contribution in [2.24, 2.45) is 5.73 Å². The quantitative estimate of drug-likeness (QED) is 0.108. The monoisotopic (exact) mass is 582 g/mol. The normalized spacial score (nSPS) is 11.9. The Morgan fingerprint density at radius 3 is 2.24 bits per heavy atom. The number of aromatic nitrogens is 1. The molecule has 2 amide bonds. The van der Waals surface area contributed by atoms with Gasteiger partial charge in [0.15, 0.2) is 11.5 Å². The van der Waals surface area contributed by atoms with Crippen LogP contribution in [-0.2, 0) is 6.18 Å². The molecule has 12 heteroatoms. The van der Waals surface area contributed by atoms with E-state index in [0.29, 0.717) is 59.0 Å². The number of ether oxygens (including phenoxy) is 3. The van der Waals surface area contributed by atoms with Crippen LogP contribution in [0, 0.1) is 0 Å². The van der Waals surface area contributed by atoms with Crippen LogP contribution in [0.25, 0.3) is 10.9 Å². The Hall–Kier alpha value is -4.97. The molecular formula is C30H29F3N4O5. The number of carbonyl (C=O) groups is 1. The molecule has 0 fully saturated rings.